The molecule has 2 saturated heterocycles. The van der Waals surface area contributed by atoms with E-state index in [4.69, 9.17) is 9.47 Å². The molecule has 2 unspecified atom stereocenters. The summed E-state index contributed by atoms with van der Waals surface area (Å²) in [4.78, 5) is 43.3. The molecular formula is C31H40FN3O5. The van der Waals surface area contributed by atoms with Crippen LogP contribution < -0.4 is 5.32 Å². The standard InChI is InChI=1S/C31H40FN3O5/c1-31(2,3)40-30(38)35-18-8-12-26(27(35)33-29(37)39-21-23-9-5-4-6-10-23)28(36)34-17-7-11-24(20-34)19-22-13-15-25(32)16-14-22/h4-6,9-10,13-16,24,26-27H,7-8,11-12,17-21H2,1-3H3,(H,33,37)/t24-,26?,27?/m0/s1. The van der Waals surface area contributed by atoms with Gasteiger partial charge >= 0.3 is 12.2 Å². The highest BCUT2D eigenvalue weighted by Crippen LogP contribution is 2.29. The van der Waals surface area contributed by atoms with E-state index in [0.717, 1.165) is 30.4 Å². The highest BCUT2D eigenvalue weighted by atomic mass is 19.1. The summed E-state index contributed by atoms with van der Waals surface area (Å²) >= 11 is 0. The fourth-order valence-electron chi connectivity index (χ4n) is 5.46. The zero-order chi connectivity index (χ0) is 28.7. The van der Waals surface area contributed by atoms with Crippen LogP contribution in [0.3, 0.4) is 0 Å². The molecule has 2 aromatic rings. The predicted molar refractivity (Wildman–Crippen MR) is 149 cm³/mol. The maximum absolute atomic E-state index is 13.9. The molecule has 8 nitrogen and oxygen atoms in total. The number of likely N-dealkylation sites (tertiary alicyclic amines) is 2. The highest BCUT2D eigenvalue weighted by molar-refractivity contribution is 5.82. The largest absolute Gasteiger partial charge is 0.445 e. The van der Waals surface area contributed by atoms with Crippen LogP contribution in [0, 0.1) is 17.7 Å². The summed E-state index contributed by atoms with van der Waals surface area (Å²) in [7, 11) is 0. The Morgan fingerprint density at radius 2 is 1.65 bits per heavy atom. The third-order valence-corrected chi connectivity index (χ3v) is 7.32. The van der Waals surface area contributed by atoms with Crippen molar-refractivity contribution in [1.29, 1.82) is 0 Å². The van der Waals surface area contributed by atoms with Gasteiger partial charge in [-0.1, -0.05) is 42.5 Å². The van der Waals surface area contributed by atoms with E-state index in [2.05, 4.69) is 5.32 Å². The van der Waals surface area contributed by atoms with Crippen LogP contribution in [0.4, 0.5) is 14.0 Å². The van der Waals surface area contributed by atoms with Gasteiger partial charge in [0, 0.05) is 19.6 Å². The van der Waals surface area contributed by atoms with Crippen LogP contribution in [-0.2, 0) is 27.3 Å². The van der Waals surface area contributed by atoms with Crippen LogP contribution in [0.15, 0.2) is 54.6 Å². The Balaban J connectivity index is 1.47. The summed E-state index contributed by atoms with van der Waals surface area (Å²) in [6.07, 6.45) is 1.56. The number of carbonyl (C=O) groups excluding carboxylic acids is 3. The molecule has 3 amide bonds. The van der Waals surface area contributed by atoms with Crippen LogP contribution in [-0.4, -0.2) is 59.3 Å². The van der Waals surface area contributed by atoms with E-state index >= 15 is 0 Å². The maximum Gasteiger partial charge on any atom is 0.411 e. The summed E-state index contributed by atoms with van der Waals surface area (Å²) in [5, 5.41) is 2.81. The minimum Gasteiger partial charge on any atom is -0.445 e. The fraction of sp³-hybridized carbons (Fsp3) is 0.516. The Labute approximate surface area is 235 Å². The predicted octanol–water partition coefficient (Wildman–Crippen LogP) is 5.51. The summed E-state index contributed by atoms with van der Waals surface area (Å²) < 4.78 is 24.4. The average Bonchev–Trinajstić information content (AvgIpc) is 2.93. The molecule has 2 aromatic carbocycles. The quantitative estimate of drug-likeness (QED) is 0.510. The van der Waals surface area contributed by atoms with Crippen LogP contribution in [0.2, 0.25) is 0 Å². The van der Waals surface area contributed by atoms with Gasteiger partial charge in [0.15, 0.2) is 0 Å². The summed E-state index contributed by atoms with van der Waals surface area (Å²) in [6.45, 7) is 6.96. The molecular weight excluding hydrogens is 513 g/mol. The van der Waals surface area contributed by atoms with Crippen molar-refractivity contribution in [3.63, 3.8) is 0 Å². The lowest BCUT2D eigenvalue weighted by Gasteiger charge is -2.43. The van der Waals surface area contributed by atoms with E-state index < -0.39 is 29.9 Å². The Hall–Kier alpha value is -3.62. The lowest BCUT2D eigenvalue weighted by molar-refractivity contribution is -0.141. The first-order valence-electron chi connectivity index (χ1n) is 14.1. The van der Waals surface area contributed by atoms with Crippen LogP contribution in [0.5, 0.6) is 0 Å². The molecule has 0 aliphatic carbocycles. The maximum atomic E-state index is 13.9. The zero-order valence-electron chi connectivity index (χ0n) is 23.6. The second kappa shape index (κ2) is 13.2. The smallest absolute Gasteiger partial charge is 0.411 e. The summed E-state index contributed by atoms with van der Waals surface area (Å²) in [6, 6.07) is 15.8. The summed E-state index contributed by atoms with van der Waals surface area (Å²) in [5.41, 5.74) is 1.14. The Morgan fingerprint density at radius 3 is 2.35 bits per heavy atom. The van der Waals surface area contributed by atoms with Gasteiger partial charge in [-0.2, -0.15) is 0 Å². The molecule has 0 bridgehead atoms. The molecule has 2 aliphatic rings. The number of carbonyl (C=O) groups is 3. The van der Waals surface area contributed by atoms with Gasteiger partial charge in [-0.25, -0.2) is 14.0 Å². The lowest BCUT2D eigenvalue weighted by Crippen LogP contribution is -2.61. The van der Waals surface area contributed by atoms with Gasteiger partial charge in [-0.05, 0) is 82.1 Å². The first-order chi connectivity index (χ1) is 19.1. The topological polar surface area (TPSA) is 88.2 Å². The van der Waals surface area contributed by atoms with Crippen LogP contribution in [0.1, 0.15) is 57.6 Å². The van der Waals surface area contributed by atoms with Gasteiger partial charge in [0.25, 0.3) is 0 Å². The first-order valence-corrected chi connectivity index (χ1v) is 14.1. The molecule has 0 radical (unpaired) electrons. The number of ether oxygens (including phenoxy) is 2. The number of nitrogens with zero attached hydrogens (tertiary/aromatic N) is 2. The number of halogens is 1. The number of benzene rings is 2. The van der Waals surface area contributed by atoms with Gasteiger partial charge in [0.2, 0.25) is 5.91 Å². The minimum atomic E-state index is -0.892. The van der Waals surface area contributed by atoms with E-state index in [1.54, 1.807) is 32.9 Å². The minimum absolute atomic E-state index is 0.0711. The number of alkyl carbamates (subject to hydrolysis) is 1. The number of amides is 3. The molecule has 2 aliphatic heterocycles. The molecule has 3 atom stereocenters. The Bertz CT molecular complexity index is 1150. The monoisotopic (exact) mass is 553 g/mol. The van der Waals surface area contributed by atoms with Gasteiger partial charge in [-0.3, -0.25) is 9.69 Å². The van der Waals surface area contributed by atoms with Crippen molar-refractivity contribution in [3.8, 4) is 0 Å². The van der Waals surface area contributed by atoms with Crippen molar-refractivity contribution in [2.45, 2.75) is 71.2 Å². The molecule has 0 saturated carbocycles. The molecule has 2 heterocycles. The average molecular weight is 554 g/mol. The second-order valence-corrected chi connectivity index (χ2v) is 11.7. The van der Waals surface area contributed by atoms with Crippen molar-refractivity contribution in [2.24, 2.45) is 11.8 Å². The SMILES string of the molecule is CC(C)(C)OC(=O)N1CCCC(C(=O)N2CCC[C@@H](Cc3ccc(F)cc3)C2)C1NC(=O)OCc1ccccc1. The Kier molecular flexibility index (Phi) is 9.66. The second-order valence-electron chi connectivity index (χ2n) is 11.7. The molecule has 4 rings (SSSR count). The third kappa shape index (κ3) is 8.19. The number of piperidine rings is 2. The van der Waals surface area contributed by atoms with Gasteiger partial charge in [0.1, 0.15) is 24.2 Å². The number of hydrogen-bond acceptors (Lipinski definition) is 5. The van der Waals surface area contributed by atoms with Crippen molar-refractivity contribution in [1.82, 2.24) is 15.1 Å². The lowest BCUT2D eigenvalue weighted by atomic mass is 9.88. The van der Waals surface area contributed by atoms with E-state index in [0.29, 0.717) is 32.5 Å². The van der Waals surface area contributed by atoms with E-state index in [1.165, 1.54) is 17.0 Å². The normalized spacial score (nSPS) is 21.4. The molecule has 2 fully saturated rings. The van der Waals surface area contributed by atoms with Crippen LogP contribution >= 0.6 is 0 Å². The van der Waals surface area contributed by atoms with Gasteiger partial charge in [-0.15, -0.1) is 0 Å². The number of nitrogens with one attached hydrogen (secondary N) is 1. The first kappa shape index (κ1) is 29.4. The number of hydrogen-bond donors (Lipinski definition) is 1. The Morgan fingerprint density at radius 1 is 0.950 bits per heavy atom. The zero-order valence-corrected chi connectivity index (χ0v) is 23.6. The van der Waals surface area contributed by atoms with Crippen molar-refractivity contribution < 1.29 is 28.2 Å². The van der Waals surface area contributed by atoms with Crippen molar-refractivity contribution in [3.05, 3.63) is 71.5 Å². The fourth-order valence-corrected chi connectivity index (χ4v) is 5.46. The van der Waals surface area contributed by atoms with E-state index in [1.807, 2.05) is 35.2 Å². The van der Waals surface area contributed by atoms with E-state index in [-0.39, 0.29) is 24.2 Å². The molecule has 0 aromatic heterocycles. The van der Waals surface area contributed by atoms with Gasteiger partial charge < -0.3 is 19.7 Å². The third-order valence-electron chi connectivity index (χ3n) is 7.32. The molecule has 9 heteroatoms. The number of rotatable bonds is 6. The van der Waals surface area contributed by atoms with Crippen LogP contribution in [0.25, 0.3) is 0 Å². The summed E-state index contributed by atoms with van der Waals surface area (Å²) in [5.74, 6) is -0.742. The van der Waals surface area contributed by atoms with Crippen molar-refractivity contribution in [2.75, 3.05) is 19.6 Å². The van der Waals surface area contributed by atoms with E-state index in [9.17, 15) is 18.8 Å². The molecule has 216 valence electrons. The molecule has 0 spiro atoms. The van der Waals surface area contributed by atoms with Gasteiger partial charge in [0.05, 0.1) is 5.92 Å². The molecule has 1 N–H and O–H groups in total. The highest BCUT2D eigenvalue weighted by Gasteiger charge is 2.43. The molecule has 40 heavy (non-hydrogen) atoms. The van der Waals surface area contributed by atoms with Crippen molar-refractivity contribution >= 4 is 18.1 Å².